The predicted octanol–water partition coefficient (Wildman–Crippen LogP) is 3.51. The lowest BCUT2D eigenvalue weighted by atomic mass is 10.0. The van der Waals surface area contributed by atoms with Crippen LogP contribution in [0, 0.1) is 5.82 Å². The standard InChI is InChI=1S/C15H23FN2/c1-5-10-18(11-6-2)15-13(12(3)17-4)8-7-9-14(15)16/h5,7-9,12,17H,1,6,10-11H2,2-4H3. The van der Waals surface area contributed by atoms with Crippen molar-refractivity contribution in [1.29, 1.82) is 0 Å². The van der Waals surface area contributed by atoms with Gasteiger partial charge in [-0.1, -0.05) is 25.1 Å². The number of para-hydroxylation sites is 1. The van der Waals surface area contributed by atoms with E-state index in [1.807, 2.05) is 31.0 Å². The Morgan fingerprint density at radius 1 is 1.50 bits per heavy atom. The van der Waals surface area contributed by atoms with E-state index in [1.54, 1.807) is 6.07 Å². The molecule has 1 rings (SSSR count). The fourth-order valence-electron chi connectivity index (χ4n) is 2.09. The summed E-state index contributed by atoms with van der Waals surface area (Å²) < 4.78 is 14.1. The molecule has 0 aliphatic rings. The van der Waals surface area contributed by atoms with Crippen LogP contribution in [-0.4, -0.2) is 20.1 Å². The van der Waals surface area contributed by atoms with E-state index in [1.165, 1.54) is 6.07 Å². The molecule has 0 amide bonds. The second-order valence-corrected chi connectivity index (χ2v) is 4.42. The van der Waals surface area contributed by atoms with E-state index in [0.717, 1.165) is 18.5 Å². The van der Waals surface area contributed by atoms with E-state index >= 15 is 0 Å². The van der Waals surface area contributed by atoms with Crippen LogP contribution < -0.4 is 10.2 Å². The van der Waals surface area contributed by atoms with Gasteiger partial charge in [0.15, 0.2) is 0 Å². The van der Waals surface area contributed by atoms with E-state index in [2.05, 4.69) is 18.8 Å². The van der Waals surface area contributed by atoms with E-state index < -0.39 is 0 Å². The summed E-state index contributed by atoms with van der Waals surface area (Å²) in [5.41, 5.74) is 1.69. The molecule has 0 aliphatic heterocycles. The topological polar surface area (TPSA) is 15.3 Å². The van der Waals surface area contributed by atoms with Crippen LogP contribution in [0.15, 0.2) is 30.9 Å². The Morgan fingerprint density at radius 2 is 2.22 bits per heavy atom. The Morgan fingerprint density at radius 3 is 2.78 bits per heavy atom. The smallest absolute Gasteiger partial charge is 0.146 e. The molecule has 0 fully saturated rings. The number of hydrogen-bond acceptors (Lipinski definition) is 2. The summed E-state index contributed by atoms with van der Waals surface area (Å²) in [6.07, 6.45) is 2.80. The third-order valence-electron chi connectivity index (χ3n) is 3.08. The zero-order valence-corrected chi connectivity index (χ0v) is 11.5. The molecule has 0 spiro atoms. The number of hydrogen-bond donors (Lipinski definition) is 1. The van der Waals surface area contributed by atoms with Crippen molar-refractivity contribution in [3.05, 3.63) is 42.2 Å². The number of nitrogens with zero attached hydrogens (tertiary/aromatic N) is 1. The van der Waals surface area contributed by atoms with E-state index in [-0.39, 0.29) is 11.9 Å². The average Bonchev–Trinajstić information content (AvgIpc) is 2.37. The highest BCUT2D eigenvalue weighted by Crippen LogP contribution is 2.29. The Bertz CT molecular complexity index is 390. The fraction of sp³-hybridized carbons (Fsp3) is 0.467. The van der Waals surface area contributed by atoms with Gasteiger partial charge in [-0.25, -0.2) is 4.39 Å². The first-order valence-electron chi connectivity index (χ1n) is 6.47. The van der Waals surface area contributed by atoms with Crippen LogP contribution in [0.2, 0.25) is 0 Å². The van der Waals surface area contributed by atoms with Crippen molar-refractivity contribution in [2.24, 2.45) is 0 Å². The molecule has 1 unspecified atom stereocenters. The molecule has 3 heteroatoms. The van der Waals surface area contributed by atoms with E-state index in [4.69, 9.17) is 0 Å². The lowest BCUT2D eigenvalue weighted by Gasteiger charge is -2.28. The zero-order valence-electron chi connectivity index (χ0n) is 11.5. The van der Waals surface area contributed by atoms with Gasteiger partial charge in [0.05, 0.1) is 5.69 Å². The SMILES string of the molecule is C=CCN(CCC)c1c(F)cccc1C(C)NC. The monoisotopic (exact) mass is 250 g/mol. The molecule has 0 aliphatic carbocycles. The molecule has 0 aromatic heterocycles. The molecule has 0 saturated heterocycles. The fourth-order valence-corrected chi connectivity index (χ4v) is 2.09. The van der Waals surface area contributed by atoms with E-state index in [9.17, 15) is 4.39 Å². The Hall–Kier alpha value is -1.35. The van der Waals surface area contributed by atoms with Crippen LogP contribution in [0.5, 0.6) is 0 Å². The van der Waals surface area contributed by atoms with Crippen LogP contribution in [0.25, 0.3) is 0 Å². The summed E-state index contributed by atoms with van der Waals surface area (Å²) in [7, 11) is 1.89. The van der Waals surface area contributed by atoms with Crippen molar-refractivity contribution in [3.63, 3.8) is 0 Å². The van der Waals surface area contributed by atoms with Gasteiger partial charge in [0.25, 0.3) is 0 Å². The molecule has 1 aromatic carbocycles. The minimum atomic E-state index is -0.162. The van der Waals surface area contributed by atoms with E-state index in [0.29, 0.717) is 12.2 Å². The van der Waals surface area contributed by atoms with Gasteiger partial charge in [-0.2, -0.15) is 0 Å². The molecule has 1 N–H and O–H groups in total. The average molecular weight is 250 g/mol. The molecule has 100 valence electrons. The Kier molecular flexibility index (Phi) is 5.86. The first-order chi connectivity index (χ1) is 8.65. The van der Waals surface area contributed by atoms with Crippen molar-refractivity contribution in [2.75, 3.05) is 25.0 Å². The van der Waals surface area contributed by atoms with Gasteiger partial charge < -0.3 is 10.2 Å². The summed E-state index contributed by atoms with van der Waals surface area (Å²) in [4.78, 5) is 2.05. The minimum absolute atomic E-state index is 0.125. The highest BCUT2D eigenvalue weighted by Gasteiger charge is 2.17. The first kappa shape index (κ1) is 14.7. The molecule has 0 heterocycles. The van der Waals surface area contributed by atoms with Gasteiger partial charge in [0.1, 0.15) is 5.82 Å². The normalized spacial score (nSPS) is 12.2. The van der Waals surface area contributed by atoms with Gasteiger partial charge in [0, 0.05) is 19.1 Å². The van der Waals surface area contributed by atoms with Crippen LogP contribution >= 0.6 is 0 Å². The maximum atomic E-state index is 14.1. The van der Waals surface area contributed by atoms with Gasteiger partial charge in [0.2, 0.25) is 0 Å². The predicted molar refractivity (Wildman–Crippen MR) is 76.6 cm³/mol. The third kappa shape index (κ3) is 3.33. The molecule has 0 radical (unpaired) electrons. The molecule has 1 atom stereocenters. The largest absolute Gasteiger partial charge is 0.365 e. The third-order valence-corrected chi connectivity index (χ3v) is 3.08. The van der Waals surface area contributed by atoms with Crippen molar-refractivity contribution < 1.29 is 4.39 Å². The summed E-state index contributed by atoms with van der Waals surface area (Å²) in [5.74, 6) is -0.162. The molecular weight excluding hydrogens is 227 g/mol. The molecule has 1 aromatic rings. The Balaban J connectivity index is 3.20. The number of nitrogens with one attached hydrogen (secondary N) is 1. The second-order valence-electron chi connectivity index (χ2n) is 4.42. The number of halogens is 1. The summed E-state index contributed by atoms with van der Waals surface area (Å²) >= 11 is 0. The molecule has 18 heavy (non-hydrogen) atoms. The summed E-state index contributed by atoms with van der Waals surface area (Å²) in [6, 6.07) is 5.39. The van der Waals surface area contributed by atoms with Crippen LogP contribution in [0.3, 0.4) is 0 Å². The van der Waals surface area contributed by atoms with Gasteiger partial charge in [-0.3, -0.25) is 0 Å². The van der Waals surface area contributed by atoms with Crippen molar-refractivity contribution >= 4 is 5.69 Å². The Labute approximate surface area is 110 Å². The maximum Gasteiger partial charge on any atom is 0.146 e. The summed E-state index contributed by atoms with van der Waals surface area (Å²) in [6.45, 7) is 9.38. The molecule has 0 bridgehead atoms. The van der Waals surface area contributed by atoms with Crippen LogP contribution in [0.1, 0.15) is 31.9 Å². The number of benzene rings is 1. The number of anilines is 1. The number of rotatable bonds is 7. The quantitative estimate of drug-likeness (QED) is 0.745. The molecular formula is C15H23FN2. The van der Waals surface area contributed by atoms with Crippen LogP contribution in [0.4, 0.5) is 10.1 Å². The van der Waals surface area contributed by atoms with Crippen molar-refractivity contribution in [3.8, 4) is 0 Å². The lowest BCUT2D eigenvalue weighted by molar-refractivity contribution is 0.599. The molecule has 2 nitrogen and oxygen atoms in total. The highest BCUT2D eigenvalue weighted by atomic mass is 19.1. The zero-order chi connectivity index (χ0) is 13.5. The van der Waals surface area contributed by atoms with Crippen LogP contribution in [-0.2, 0) is 0 Å². The summed E-state index contributed by atoms with van der Waals surface area (Å²) in [5, 5.41) is 3.17. The van der Waals surface area contributed by atoms with Gasteiger partial charge in [-0.05, 0) is 32.0 Å². The lowest BCUT2D eigenvalue weighted by Crippen LogP contribution is -2.28. The highest BCUT2D eigenvalue weighted by molar-refractivity contribution is 5.56. The van der Waals surface area contributed by atoms with Crippen molar-refractivity contribution in [2.45, 2.75) is 26.3 Å². The van der Waals surface area contributed by atoms with Gasteiger partial charge in [-0.15, -0.1) is 6.58 Å². The van der Waals surface area contributed by atoms with Crippen molar-refractivity contribution in [1.82, 2.24) is 5.32 Å². The maximum absolute atomic E-state index is 14.1. The minimum Gasteiger partial charge on any atom is -0.365 e. The second kappa shape index (κ2) is 7.17. The molecule has 0 saturated carbocycles. The van der Waals surface area contributed by atoms with Gasteiger partial charge >= 0.3 is 0 Å². The first-order valence-corrected chi connectivity index (χ1v) is 6.47.